The van der Waals surface area contributed by atoms with Gasteiger partial charge in [-0.3, -0.25) is 0 Å². The van der Waals surface area contributed by atoms with Crippen LogP contribution >= 0.6 is 15.9 Å². The van der Waals surface area contributed by atoms with Crippen molar-refractivity contribution in [2.75, 3.05) is 13.7 Å². The zero-order valence-corrected chi connectivity index (χ0v) is 14.2. The van der Waals surface area contributed by atoms with Crippen LogP contribution in [0.5, 0.6) is 0 Å². The summed E-state index contributed by atoms with van der Waals surface area (Å²) in [7, 11) is 1.88. The Kier molecular flexibility index (Phi) is 6.06. The molecule has 0 radical (unpaired) electrons. The Hall–Kier alpha value is -0.380. The first kappa shape index (κ1) is 16.0. The number of hydrogen-bond acceptors (Lipinski definition) is 2. The van der Waals surface area contributed by atoms with E-state index in [1.54, 1.807) is 0 Å². The molecule has 1 aliphatic carbocycles. The Labute approximate surface area is 131 Å². The summed E-state index contributed by atoms with van der Waals surface area (Å²) in [6.45, 7) is 3.28. The highest BCUT2D eigenvalue weighted by Gasteiger charge is 2.41. The first-order chi connectivity index (χ1) is 9.70. The smallest absolute Gasteiger partial charge is 0.0834 e. The molecule has 3 heteroatoms. The van der Waals surface area contributed by atoms with Gasteiger partial charge in [0.05, 0.1) is 5.60 Å². The van der Waals surface area contributed by atoms with Crippen molar-refractivity contribution in [1.82, 2.24) is 5.32 Å². The van der Waals surface area contributed by atoms with Gasteiger partial charge in [0.2, 0.25) is 0 Å². The van der Waals surface area contributed by atoms with E-state index in [9.17, 15) is 0 Å². The highest BCUT2D eigenvalue weighted by atomic mass is 79.9. The topological polar surface area (TPSA) is 21.3 Å². The maximum absolute atomic E-state index is 5.99. The number of halogens is 1. The first-order valence-electron chi connectivity index (χ1n) is 7.73. The normalized spacial score (nSPS) is 19.1. The van der Waals surface area contributed by atoms with E-state index in [4.69, 9.17) is 4.74 Å². The quantitative estimate of drug-likeness (QED) is 0.798. The molecule has 0 heterocycles. The van der Waals surface area contributed by atoms with Crippen LogP contribution in [0.15, 0.2) is 28.7 Å². The number of benzene rings is 1. The van der Waals surface area contributed by atoms with Crippen molar-refractivity contribution < 1.29 is 4.74 Å². The fraction of sp³-hybridized carbons (Fsp3) is 0.647. The molecule has 1 fully saturated rings. The molecule has 0 amide bonds. The molecule has 0 saturated heterocycles. The van der Waals surface area contributed by atoms with Gasteiger partial charge in [0.1, 0.15) is 0 Å². The van der Waals surface area contributed by atoms with Crippen molar-refractivity contribution in [1.29, 1.82) is 0 Å². The Balaban J connectivity index is 2.14. The third kappa shape index (κ3) is 3.84. The van der Waals surface area contributed by atoms with E-state index in [-0.39, 0.29) is 5.60 Å². The van der Waals surface area contributed by atoms with E-state index >= 15 is 0 Å². The summed E-state index contributed by atoms with van der Waals surface area (Å²) in [5, 5.41) is 3.73. The number of hydrogen-bond donors (Lipinski definition) is 1. The van der Waals surface area contributed by atoms with E-state index < -0.39 is 0 Å². The molecule has 112 valence electrons. The van der Waals surface area contributed by atoms with Crippen LogP contribution < -0.4 is 5.32 Å². The lowest BCUT2D eigenvalue weighted by atomic mass is 9.87. The summed E-state index contributed by atoms with van der Waals surface area (Å²) >= 11 is 3.57. The fourth-order valence-corrected chi connectivity index (χ4v) is 3.78. The number of ether oxygens (including phenoxy) is 1. The monoisotopic (exact) mass is 339 g/mol. The summed E-state index contributed by atoms with van der Waals surface area (Å²) in [6.07, 6.45) is 7.13. The molecule has 0 aliphatic heterocycles. The second-order valence-electron chi connectivity index (χ2n) is 5.82. The SMILES string of the molecule is CCCNC(Cc1cccc(Br)c1)C1(OC)CCCC1. The highest BCUT2D eigenvalue weighted by molar-refractivity contribution is 9.10. The summed E-state index contributed by atoms with van der Waals surface area (Å²) in [4.78, 5) is 0. The van der Waals surface area contributed by atoms with E-state index in [1.165, 1.54) is 31.2 Å². The maximum atomic E-state index is 5.99. The van der Waals surface area contributed by atoms with E-state index in [2.05, 4.69) is 52.4 Å². The lowest BCUT2D eigenvalue weighted by Crippen LogP contribution is -2.52. The molecule has 0 aromatic heterocycles. The van der Waals surface area contributed by atoms with Crippen LogP contribution in [-0.4, -0.2) is 25.3 Å². The van der Waals surface area contributed by atoms with E-state index in [1.807, 2.05) is 7.11 Å². The van der Waals surface area contributed by atoms with Crippen molar-refractivity contribution in [3.05, 3.63) is 34.3 Å². The second-order valence-corrected chi connectivity index (χ2v) is 6.73. The van der Waals surface area contributed by atoms with Gasteiger partial charge >= 0.3 is 0 Å². The molecule has 1 atom stereocenters. The molecule has 0 bridgehead atoms. The Morgan fingerprint density at radius 1 is 1.35 bits per heavy atom. The summed E-state index contributed by atoms with van der Waals surface area (Å²) in [6, 6.07) is 9.04. The van der Waals surface area contributed by atoms with Crippen LogP contribution in [0, 0.1) is 0 Å². The number of nitrogens with one attached hydrogen (secondary N) is 1. The standard InChI is InChI=1S/C17H26BrNO/c1-3-11-19-16(17(20-2)9-4-5-10-17)13-14-7-6-8-15(18)12-14/h6-8,12,16,19H,3-5,9-11,13H2,1-2H3. The van der Waals surface area contributed by atoms with Crippen LogP contribution in [0.3, 0.4) is 0 Å². The zero-order valence-electron chi connectivity index (χ0n) is 12.6. The molecule has 1 N–H and O–H groups in total. The van der Waals surface area contributed by atoms with E-state index in [0.717, 1.165) is 23.9 Å². The van der Waals surface area contributed by atoms with Crippen molar-refractivity contribution >= 4 is 15.9 Å². The minimum atomic E-state index is 0.0253. The van der Waals surface area contributed by atoms with Gasteiger partial charge in [-0.1, -0.05) is 47.8 Å². The summed E-state index contributed by atoms with van der Waals surface area (Å²) < 4.78 is 7.14. The maximum Gasteiger partial charge on any atom is 0.0834 e. The average Bonchev–Trinajstić information content (AvgIpc) is 2.93. The lowest BCUT2D eigenvalue weighted by molar-refractivity contribution is -0.0354. The largest absolute Gasteiger partial charge is 0.377 e. The van der Waals surface area contributed by atoms with Gasteiger partial charge in [-0.05, 0) is 49.9 Å². The van der Waals surface area contributed by atoms with E-state index in [0.29, 0.717) is 6.04 Å². The van der Waals surface area contributed by atoms with Gasteiger partial charge in [-0.2, -0.15) is 0 Å². The minimum Gasteiger partial charge on any atom is -0.377 e. The van der Waals surface area contributed by atoms with Crippen LogP contribution in [0.4, 0.5) is 0 Å². The first-order valence-corrected chi connectivity index (χ1v) is 8.52. The van der Waals surface area contributed by atoms with Gasteiger partial charge < -0.3 is 10.1 Å². The Bertz CT molecular complexity index is 415. The third-order valence-electron chi connectivity index (χ3n) is 4.46. The van der Waals surface area contributed by atoms with Gasteiger partial charge in [0.25, 0.3) is 0 Å². The van der Waals surface area contributed by atoms with Gasteiger partial charge in [-0.15, -0.1) is 0 Å². The Morgan fingerprint density at radius 2 is 2.10 bits per heavy atom. The van der Waals surface area contributed by atoms with Crippen LogP contribution in [-0.2, 0) is 11.2 Å². The predicted molar refractivity (Wildman–Crippen MR) is 88.1 cm³/mol. The molecule has 1 saturated carbocycles. The average molecular weight is 340 g/mol. The minimum absolute atomic E-state index is 0.0253. The summed E-state index contributed by atoms with van der Waals surface area (Å²) in [5.74, 6) is 0. The summed E-state index contributed by atoms with van der Waals surface area (Å²) in [5.41, 5.74) is 1.40. The van der Waals surface area contributed by atoms with Crippen molar-refractivity contribution in [2.45, 2.75) is 57.1 Å². The molecule has 1 aliphatic rings. The molecule has 1 aromatic rings. The predicted octanol–water partition coefficient (Wildman–Crippen LogP) is 4.32. The third-order valence-corrected chi connectivity index (χ3v) is 4.95. The molecule has 20 heavy (non-hydrogen) atoms. The van der Waals surface area contributed by atoms with Crippen molar-refractivity contribution in [2.24, 2.45) is 0 Å². The molecule has 1 unspecified atom stereocenters. The number of rotatable bonds is 7. The van der Waals surface area contributed by atoms with Crippen molar-refractivity contribution in [3.8, 4) is 0 Å². The van der Waals surface area contributed by atoms with Crippen LogP contribution in [0.1, 0.15) is 44.6 Å². The molecular weight excluding hydrogens is 314 g/mol. The van der Waals surface area contributed by atoms with Gasteiger partial charge in [0.15, 0.2) is 0 Å². The fourth-order valence-electron chi connectivity index (χ4n) is 3.33. The lowest BCUT2D eigenvalue weighted by Gasteiger charge is -2.37. The molecule has 2 nitrogen and oxygen atoms in total. The molecule has 0 spiro atoms. The molecular formula is C17H26BrNO. The zero-order chi connectivity index (χ0) is 14.4. The van der Waals surface area contributed by atoms with Crippen LogP contribution in [0.25, 0.3) is 0 Å². The van der Waals surface area contributed by atoms with Crippen LogP contribution in [0.2, 0.25) is 0 Å². The molecule has 2 rings (SSSR count). The Morgan fingerprint density at radius 3 is 2.70 bits per heavy atom. The number of methoxy groups -OCH3 is 1. The van der Waals surface area contributed by atoms with Gasteiger partial charge in [-0.25, -0.2) is 0 Å². The van der Waals surface area contributed by atoms with Crippen molar-refractivity contribution in [3.63, 3.8) is 0 Å². The second kappa shape index (κ2) is 7.58. The molecule has 1 aromatic carbocycles. The highest BCUT2D eigenvalue weighted by Crippen LogP contribution is 2.37. The van der Waals surface area contributed by atoms with Gasteiger partial charge in [0, 0.05) is 17.6 Å².